The van der Waals surface area contributed by atoms with E-state index in [1.165, 1.54) is 48.7 Å². The molecule has 2 heterocycles. The highest BCUT2D eigenvalue weighted by Gasteiger charge is 2.20. The standard InChI is InChI=1S/C17H12N2O6S/c20-11-14-5-8-16(25-14)12-3-6-15(7-4-12)26(23,24)18-17(21)13-2-1-9-19(22)10-13/h1-11H,(H,18,21). The molecule has 2 aromatic heterocycles. The highest BCUT2D eigenvalue weighted by Crippen LogP contribution is 2.23. The lowest BCUT2D eigenvalue weighted by Gasteiger charge is -2.07. The monoisotopic (exact) mass is 372 g/mol. The molecule has 0 radical (unpaired) electrons. The average Bonchev–Trinajstić information content (AvgIpc) is 3.11. The van der Waals surface area contributed by atoms with Crippen LogP contribution >= 0.6 is 0 Å². The molecule has 0 atom stereocenters. The maximum atomic E-state index is 12.3. The first kappa shape index (κ1) is 17.4. The van der Waals surface area contributed by atoms with E-state index in [2.05, 4.69) is 0 Å². The zero-order valence-corrected chi connectivity index (χ0v) is 14.0. The molecule has 1 N–H and O–H groups in total. The molecule has 0 aliphatic rings. The third-order valence-corrected chi connectivity index (χ3v) is 4.80. The number of pyridine rings is 1. The highest BCUT2D eigenvalue weighted by molar-refractivity contribution is 7.90. The molecule has 0 saturated heterocycles. The predicted molar refractivity (Wildman–Crippen MR) is 89.6 cm³/mol. The first-order valence-electron chi connectivity index (χ1n) is 7.30. The number of rotatable bonds is 5. The van der Waals surface area contributed by atoms with E-state index in [1.54, 1.807) is 6.07 Å². The Morgan fingerprint density at radius 1 is 1.12 bits per heavy atom. The second kappa shape index (κ2) is 6.81. The number of carbonyl (C=O) groups is 2. The summed E-state index contributed by atoms with van der Waals surface area (Å²) in [5.41, 5.74) is 0.485. The minimum atomic E-state index is -4.12. The number of hydrogen-bond donors (Lipinski definition) is 1. The van der Waals surface area contributed by atoms with Gasteiger partial charge in [0.05, 0.1) is 4.90 Å². The summed E-state index contributed by atoms with van der Waals surface area (Å²) in [6.45, 7) is 0. The number of nitrogens with zero attached hydrogens (tertiary/aromatic N) is 1. The summed E-state index contributed by atoms with van der Waals surface area (Å²) in [6.07, 6.45) is 2.71. The third-order valence-electron chi connectivity index (χ3n) is 3.46. The lowest BCUT2D eigenvalue weighted by Crippen LogP contribution is -2.33. The Morgan fingerprint density at radius 3 is 2.46 bits per heavy atom. The van der Waals surface area contributed by atoms with Crippen LogP contribution in [0.5, 0.6) is 0 Å². The number of sulfonamides is 1. The zero-order valence-electron chi connectivity index (χ0n) is 13.2. The van der Waals surface area contributed by atoms with Gasteiger partial charge in [0.25, 0.3) is 15.9 Å². The van der Waals surface area contributed by atoms with Gasteiger partial charge in [-0.3, -0.25) is 9.59 Å². The van der Waals surface area contributed by atoms with Crippen LogP contribution in [0.4, 0.5) is 0 Å². The summed E-state index contributed by atoms with van der Waals surface area (Å²) in [6, 6.07) is 11.3. The third kappa shape index (κ3) is 3.62. The van der Waals surface area contributed by atoms with E-state index < -0.39 is 15.9 Å². The van der Waals surface area contributed by atoms with E-state index in [-0.39, 0.29) is 16.2 Å². The summed E-state index contributed by atoms with van der Waals surface area (Å²) >= 11 is 0. The number of carbonyl (C=O) groups excluding carboxylic acids is 2. The number of amides is 1. The summed E-state index contributed by atoms with van der Waals surface area (Å²) < 4.78 is 32.2. The molecule has 9 heteroatoms. The van der Waals surface area contributed by atoms with Gasteiger partial charge in [0.1, 0.15) is 11.3 Å². The maximum absolute atomic E-state index is 12.3. The van der Waals surface area contributed by atoms with Gasteiger partial charge in [-0.05, 0) is 42.5 Å². The number of aldehydes is 1. The largest absolute Gasteiger partial charge is 0.619 e. The van der Waals surface area contributed by atoms with E-state index >= 15 is 0 Å². The van der Waals surface area contributed by atoms with Gasteiger partial charge in [-0.15, -0.1) is 0 Å². The molecule has 0 bridgehead atoms. The zero-order chi connectivity index (χ0) is 18.7. The van der Waals surface area contributed by atoms with Gasteiger partial charge in [0, 0.05) is 11.6 Å². The van der Waals surface area contributed by atoms with Crippen LogP contribution in [0.15, 0.2) is 70.2 Å². The molecule has 1 amide bonds. The molecule has 1 aromatic carbocycles. The molecule has 3 aromatic rings. The van der Waals surface area contributed by atoms with E-state index in [0.717, 1.165) is 6.20 Å². The van der Waals surface area contributed by atoms with Crippen molar-refractivity contribution in [3.63, 3.8) is 0 Å². The predicted octanol–water partition coefficient (Wildman–Crippen LogP) is 1.51. The molecule has 0 saturated carbocycles. The van der Waals surface area contributed by atoms with Crippen LogP contribution in [0.1, 0.15) is 20.9 Å². The molecule has 3 rings (SSSR count). The van der Waals surface area contributed by atoms with Crippen molar-refractivity contribution in [2.75, 3.05) is 0 Å². The SMILES string of the molecule is O=Cc1ccc(-c2ccc(S(=O)(=O)NC(=O)c3ccc[n+]([O-])c3)cc2)o1. The Morgan fingerprint density at radius 2 is 1.85 bits per heavy atom. The van der Waals surface area contributed by atoms with E-state index in [4.69, 9.17) is 4.42 Å². The number of furan rings is 1. The van der Waals surface area contributed by atoms with Crippen molar-refractivity contribution in [2.45, 2.75) is 4.90 Å². The molecule has 26 heavy (non-hydrogen) atoms. The Bertz CT molecular complexity index is 1070. The first-order valence-corrected chi connectivity index (χ1v) is 8.79. The van der Waals surface area contributed by atoms with Crippen LogP contribution in [0.3, 0.4) is 0 Å². The molecule has 0 fully saturated rings. The quantitative estimate of drug-likeness (QED) is 0.412. The fraction of sp³-hybridized carbons (Fsp3) is 0. The van der Waals surface area contributed by atoms with Crippen molar-refractivity contribution in [3.05, 3.63) is 77.5 Å². The Kier molecular flexibility index (Phi) is 4.55. The average molecular weight is 372 g/mol. The number of aromatic nitrogens is 1. The van der Waals surface area contributed by atoms with Crippen molar-refractivity contribution < 1.29 is 27.2 Å². The second-order valence-corrected chi connectivity index (χ2v) is 6.91. The van der Waals surface area contributed by atoms with Crippen LogP contribution < -0.4 is 9.45 Å². The second-order valence-electron chi connectivity index (χ2n) is 5.23. The minimum absolute atomic E-state index is 0.0836. The fourth-order valence-electron chi connectivity index (χ4n) is 2.20. The topological polar surface area (TPSA) is 120 Å². The van der Waals surface area contributed by atoms with Gasteiger partial charge in [-0.25, -0.2) is 13.1 Å². The van der Waals surface area contributed by atoms with Gasteiger partial charge in [-0.1, -0.05) is 0 Å². The van der Waals surface area contributed by atoms with Crippen molar-refractivity contribution >= 4 is 22.2 Å². The maximum Gasteiger partial charge on any atom is 0.271 e. The van der Waals surface area contributed by atoms with E-state index in [1.807, 2.05) is 4.72 Å². The van der Waals surface area contributed by atoms with Crippen molar-refractivity contribution in [1.82, 2.24) is 4.72 Å². The highest BCUT2D eigenvalue weighted by atomic mass is 32.2. The molecule has 0 aliphatic heterocycles. The van der Waals surface area contributed by atoms with Crippen molar-refractivity contribution in [2.24, 2.45) is 0 Å². The molecule has 0 aliphatic carbocycles. The fourth-order valence-corrected chi connectivity index (χ4v) is 3.17. The molecule has 8 nitrogen and oxygen atoms in total. The Balaban J connectivity index is 1.81. The van der Waals surface area contributed by atoms with Gasteiger partial charge in [-0.2, -0.15) is 4.73 Å². The molecule has 132 valence electrons. The van der Waals surface area contributed by atoms with Gasteiger partial charge in [0.15, 0.2) is 24.4 Å². The number of nitrogens with one attached hydrogen (secondary N) is 1. The Labute approximate surface area is 148 Å². The van der Waals surface area contributed by atoms with Crippen molar-refractivity contribution in [1.29, 1.82) is 0 Å². The van der Waals surface area contributed by atoms with Crippen LogP contribution in [0, 0.1) is 5.21 Å². The molecular weight excluding hydrogens is 360 g/mol. The summed E-state index contributed by atoms with van der Waals surface area (Å²) in [5.74, 6) is -0.354. The minimum Gasteiger partial charge on any atom is -0.619 e. The lowest BCUT2D eigenvalue weighted by molar-refractivity contribution is -0.605. The summed E-state index contributed by atoms with van der Waals surface area (Å²) in [4.78, 5) is 22.5. The Hall–Kier alpha value is -3.46. The summed E-state index contributed by atoms with van der Waals surface area (Å²) in [7, 11) is -4.12. The number of hydrogen-bond acceptors (Lipinski definition) is 6. The smallest absolute Gasteiger partial charge is 0.271 e. The van der Waals surface area contributed by atoms with Crippen LogP contribution in [0.25, 0.3) is 11.3 Å². The van der Waals surface area contributed by atoms with Gasteiger partial charge >= 0.3 is 0 Å². The van der Waals surface area contributed by atoms with Gasteiger partial charge < -0.3 is 9.62 Å². The summed E-state index contributed by atoms with van der Waals surface area (Å²) in [5, 5.41) is 11.2. The lowest BCUT2D eigenvalue weighted by atomic mass is 10.2. The van der Waals surface area contributed by atoms with E-state index in [0.29, 0.717) is 22.3 Å². The molecule has 0 spiro atoms. The van der Waals surface area contributed by atoms with Crippen LogP contribution in [-0.2, 0) is 10.0 Å². The van der Waals surface area contributed by atoms with E-state index in [9.17, 15) is 23.2 Å². The van der Waals surface area contributed by atoms with Gasteiger partial charge in [0.2, 0.25) is 0 Å². The van der Waals surface area contributed by atoms with Crippen LogP contribution in [-0.4, -0.2) is 20.6 Å². The normalized spacial score (nSPS) is 11.1. The number of benzene rings is 1. The first-order chi connectivity index (χ1) is 12.4. The molecule has 0 unspecified atom stereocenters. The van der Waals surface area contributed by atoms with Crippen molar-refractivity contribution in [3.8, 4) is 11.3 Å². The molecular formula is C17H12N2O6S. The van der Waals surface area contributed by atoms with Crippen LogP contribution in [0.2, 0.25) is 0 Å².